The third kappa shape index (κ3) is 7.79. The van der Waals surface area contributed by atoms with Crippen molar-refractivity contribution in [2.45, 2.75) is 45.6 Å². The number of nitrogens with zero attached hydrogens (tertiary/aromatic N) is 3. The van der Waals surface area contributed by atoms with Gasteiger partial charge in [0.25, 0.3) is 0 Å². The smallest absolute Gasteiger partial charge is 0.191 e. The summed E-state index contributed by atoms with van der Waals surface area (Å²) in [7, 11) is 1.79. The Morgan fingerprint density at radius 3 is 2.42 bits per heavy atom. The lowest BCUT2D eigenvalue weighted by Crippen LogP contribution is -2.53. The molecule has 0 bridgehead atoms. The molecule has 0 spiro atoms. The Morgan fingerprint density at radius 1 is 1.13 bits per heavy atom. The van der Waals surface area contributed by atoms with Crippen LogP contribution in [0.3, 0.4) is 0 Å². The molecule has 0 radical (unpaired) electrons. The van der Waals surface area contributed by atoms with Gasteiger partial charge in [0.1, 0.15) is 0 Å². The van der Waals surface area contributed by atoms with Gasteiger partial charge >= 0.3 is 0 Å². The van der Waals surface area contributed by atoms with E-state index in [0.29, 0.717) is 11.5 Å². The maximum absolute atomic E-state index is 5.32. The number of benzene rings is 1. The Balaban J connectivity index is 0.00000341. The first-order valence-corrected chi connectivity index (χ1v) is 11.7. The Labute approximate surface area is 206 Å². The van der Waals surface area contributed by atoms with Crippen LogP contribution in [0.2, 0.25) is 0 Å². The molecule has 7 heteroatoms. The van der Waals surface area contributed by atoms with Gasteiger partial charge in [-0.2, -0.15) is 0 Å². The lowest BCUT2D eigenvalue weighted by atomic mass is 9.67. The van der Waals surface area contributed by atoms with Crippen molar-refractivity contribution in [1.82, 2.24) is 15.5 Å². The van der Waals surface area contributed by atoms with E-state index in [0.717, 1.165) is 64.8 Å². The molecule has 0 amide bonds. The summed E-state index contributed by atoms with van der Waals surface area (Å²) >= 11 is 0. The maximum atomic E-state index is 5.32. The monoisotopic (exact) mass is 543 g/mol. The number of nitrogens with one attached hydrogen (secondary N) is 2. The zero-order valence-corrected chi connectivity index (χ0v) is 21.9. The molecule has 1 aromatic carbocycles. The lowest BCUT2D eigenvalue weighted by molar-refractivity contribution is 0.0778. The number of para-hydroxylation sites is 1. The predicted molar refractivity (Wildman–Crippen MR) is 142 cm³/mol. The minimum Gasteiger partial charge on any atom is -0.385 e. The highest BCUT2D eigenvalue weighted by Gasteiger charge is 2.36. The Morgan fingerprint density at radius 2 is 1.84 bits per heavy atom. The van der Waals surface area contributed by atoms with Crippen LogP contribution in [0, 0.1) is 5.41 Å². The molecule has 0 aromatic heterocycles. The van der Waals surface area contributed by atoms with E-state index in [9.17, 15) is 0 Å². The molecule has 1 saturated carbocycles. The average molecular weight is 544 g/mol. The van der Waals surface area contributed by atoms with E-state index >= 15 is 0 Å². The van der Waals surface area contributed by atoms with Crippen LogP contribution in [-0.4, -0.2) is 76.4 Å². The second-order valence-electron chi connectivity index (χ2n) is 8.88. The van der Waals surface area contributed by atoms with Gasteiger partial charge < -0.3 is 20.3 Å². The standard InChI is InChI=1S/C24H41N5O.HI/c1-4-25-23(27-20-24(11-8-12-24)13-18-30-3)26-19-21(2)28-14-16-29(17-15-28)22-9-6-5-7-10-22;/h5-7,9-10,21H,4,8,11-20H2,1-3H3,(H2,25,26,27);1H. The molecule has 1 atom stereocenters. The van der Waals surface area contributed by atoms with Gasteiger partial charge in [0.05, 0.1) is 0 Å². The van der Waals surface area contributed by atoms with Gasteiger partial charge in [-0.05, 0) is 50.7 Å². The molecule has 2 fully saturated rings. The Bertz CT molecular complexity index is 645. The molecule has 2 aliphatic rings. The number of aliphatic imine (C=N–C) groups is 1. The number of ether oxygens (including phenoxy) is 1. The molecular weight excluding hydrogens is 501 g/mol. The van der Waals surface area contributed by atoms with E-state index in [1.54, 1.807) is 7.11 Å². The topological polar surface area (TPSA) is 52.1 Å². The zero-order valence-electron chi connectivity index (χ0n) is 19.6. The highest BCUT2D eigenvalue weighted by Crippen LogP contribution is 2.44. The van der Waals surface area contributed by atoms with E-state index in [1.165, 1.54) is 24.9 Å². The third-order valence-electron chi connectivity index (χ3n) is 6.79. The maximum Gasteiger partial charge on any atom is 0.191 e. The highest BCUT2D eigenvalue weighted by molar-refractivity contribution is 14.0. The number of hydrogen-bond acceptors (Lipinski definition) is 4. The van der Waals surface area contributed by atoms with Crippen molar-refractivity contribution in [3.8, 4) is 0 Å². The minimum absolute atomic E-state index is 0. The van der Waals surface area contributed by atoms with Crippen LogP contribution in [-0.2, 0) is 4.74 Å². The van der Waals surface area contributed by atoms with Crippen molar-refractivity contribution in [2.75, 3.05) is 64.4 Å². The molecule has 6 nitrogen and oxygen atoms in total. The average Bonchev–Trinajstić information content (AvgIpc) is 2.77. The fraction of sp³-hybridized carbons (Fsp3) is 0.708. The van der Waals surface area contributed by atoms with Crippen LogP contribution in [0.4, 0.5) is 5.69 Å². The summed E-state index contributed by atoms with van der Waals surface area (Å²) in [5.74, 6) is 0.955. The van der Waals surface area contributed by atoms with Crippen LogP contribution in [0.1, 0.15) is 39.5 Å². The number of anilines is 1. The molecule has 1 aromatic rings. The second kappa shape index (κ2) is 13.5. The number of hydrogen-bond donors (Lipinski definition) is 2. The van der Waals surface area contributed by atoms with Crippen LogP contribution in [0.25, 0.3) is 0 Å². The fourth-order valence-corrected chi connectivity index (χ4v) is 4.50. The third-order valence-corrected chi connectivity index (χ3v) is 6.79. The van der Waals surface area contributed by atoms with Crippen molar-refractivity contribution in [3.05, 3.63) is 30.3 Å². The minimum atomic E-state index is 0. The molecule has 2 N–H and O–H groups in total. The molecule has 176 valence electrons. The van der Waals surface area contributed by atoms with Gasteiger partial charge in [-0.25, -0.2) is 0 Å². The molecule has 1 heterocycles. The van der Waals surface area contributed by atoms with Crippen LogP contribution < -0.4 is 15.5 Å². The van der Waals surface area contributed by atoms with Crippen molar-refractivity contribution in [1.29, 1.82) is 0 Å². The van der Waals surface area contributed by atoms with Crippen molar-refractivity contribution >= 4 is 35.6 Å². The summed E-state index contributed by atoms with van der Waals surface area (Å²) in [6.45, 7) is 12.4. The number of piperazine rings is 1. The lowest BCUT2D eigenvalue weighted by Gasteiger charge is -2.41. The molecule has 1 aliphatic carbocycles. The number of methoxy groups -OCH3 is 1. The van der Waals surface area contributed by atoms with E-state index < -0.39 is 0 Å². The van der Waals surface area contributed by atoms with E-state index in [1.807, 2.05) is 0 Å². The van der Waals surface area contributed by atoms with Gasteiger partial charge in [0.15, 0.2) is 5.96 Å². The van der Waals surface area contributed by atoms with E-state index in [4.69, 9.17) is 9.73 Å². The first kappa shape index (κ1) is 26.2. The molecule has 3 rings (SSSR count). The largest absolute Gasteiger partial charge is 0.385 e. The van der Waals surface area contributed by atoms with Gasteiger partial charge in [0, 0.05) is 71.3 Å². The van der Waals surface area contributed by atoms with E-state index in [-0.39, 0.29) is 24.0 Å². The fourth-order valence-electron chi connectivity index (χ4n) is 4.50. The van der Waals surface area contributed by atoms with Gasteiger partial charge in [-0.15, -0.1) is 24.0 Å². The van der Waals surface area contributed by atoms with Crippen LogP contribution in [0.15, 0.2) is 35.3 Å². The molecule has 31 heavy (non-hydrogen) atoms. The number of rotatable bonds is 10. The van der Waals surface area contributed by atoms with Crippen LogP contribution in [0.5, 0.6) is 0 Å². The van der Waals surface area contributed by atoms with Gasteiger partial charge in [-0.1, -0.05) is 24.6 Å². The highest BCUT2D eigenvalue weighted by atomic mass is 127. The summed E-state index contributed by atoms with van der Waals surface area (Å²) < 4.78 is 5.32. The summed E-state index contributed by atoms with van der Waals surface area (Å²) in [6, 6.07) is 11.2. The second-order valence-corrected chi connectivity index (χ2v) is 8.88. The predicted octanol–water partition coefficient (Wildman–Crippen LogP) is 3.58. The Hall–Kier alpha value is -1.06. The summed E-state index contributed by atoms with van der Waals surface area (Å²) in [4.78, 5) is 10.0. The molecule has 1 unspecified atom stereocenters. The summed E-state index contributed by atoms with van der Waals surface area (Å²) in [5.41, 5.74) is 1.69. The van der Waals surface area contributed by atoms with Gasteiger partial charge in [-0.3, -0.25) is 9.89 Å². The summed E-state index contributed by atoms with van der Waals surface area (Å²) in [6.07, 6.45) is 5.01. The zero-order chi connectivity index (χ0) is 21.2. The summed E-state index contributed by atoms with van der Waals surface area (Å²) in [5, 5.41) is 7.02. The van der Waals surface area contributed by atoms with Crippen molar-refractivity contribution in [3.63, 3.8) is 0 Å². The van der Waals surface area contributed by atoms with E-state index in [2.05, 4.69) is 64.6 Å². The first-order valence-electron chi connectivity index (χ1n) is 11.7. The number of halogens is 1. The van der Waals surface area contributed by atoms with Gasteiger partial charge in [0.2, 0.25) is 0 Å². The SMILES string of the molecule is CCNC(=NCC1(CCOC)CCC1)NCC(C)N1CCN(c2ccccc2)CC1.I. The first-order chi connectivity index (χ1) is 14.7. The quantitative estimate of drug-likeness (QED) is 0.269. The normalized spacial score (nSPS) is 19.8. The van der Waals surface area contributed by atoms with Crippen LogP contribution >= 0.6 is 24.0 Å². The van der Waals surface area contributed by atoms with Crippen molar-refractivity contribution in [2.24, 2.45) is 10.4 Å². The molecule has 1 aliphatic heterocycles. The number of guanidine groups is 1. The van der Waals surface area contributed by atoms with Crippen molar-refractivity contribution < 1.29 is 4.74 Å². The molecular formula is C24H42IN5O. The molecule has 1 saturated heterocycles. The Kier molecular flexibility index (Phi) is 11.4.